The summed E-state index contributed by atoms with van der Waals surface area (Å²) in [6.45, 7) is 1.80. The van der Waals surface area contributed by atoms with Crippen molar-refractivity contribution < 1.29 is 14.3 Å². The molecule has 0 aliphatic heterocycles. The fraction of sp³-hybridized carbons (Fsp3) is 0.200. The summed E-state index contributed by atoms with van der Waals surface area (Å²) in [5.41, 5.74) is 3.63. The number of rotatable bonds is 5. The van der Waals surface area contributed by atoms with E-state index in [1.807, 2.05) is 6.07 Å². The number of hydrogen-bond donors (Lipinski definition) is 1. The van der Waals surface area contributed by atoms with Gasteiger partial charge in [0.05, 0.1) is 29.1 Å². The molecular weight excluding hydrogens is 324 g/mol. The average Bonchev–Trinajstić information content (AvgIpc) is 2.98. The van der Waals surface area contributed by atoms with Gasteiger partial charge in [-0.2, -0.15) is 5.10 Å². The van der Waals surface area contributed by atoms with Crippen LogP contribution in [0.5, 0.6) is 11.5 Å². The van der Waals surface area contributed by atoms with Crippen molar-refractivity contribution in [3.05, 3.63) is 45.1 Å². The Balaban J connectivity index is 2.12. The number of nitrogens with zero attached hydrogens (tertiary/aromatic N) is 1. The van der Waals surface area contributed by atoms with Gasteiger partial charge in [0.2, 0.25) is 0 Å². The van der Waals surface area contributed by atoms with Gasteiger partial charge in [-0.15, -0.1) is 11.3 Å². The van der Waals surface area contributed by atoms with E-state index in [9.17, 15) is 4.79 Å². The lowest BCUT2D eigenvalue weighted by molar-refractivity contribution is 0.0954. The first-order valence-electron chi connectivity index (χ1n) is 6.37. The van der Waals surface area contributed by atoms with Crippen LogP contribution in [0.4, 0.5) is 0 Å². The van der Waals surface area contributed by atoms with Gasteiger partial charge in [0, 0.05) is 5.56 Å². The summed E-state index contributed by atoms with van der Waals surface area (Å²) < 4.78 is 11.0. The standard InChI is InChI=1S/C15H15ClN2O3S/c1-9(13-6-7-14(16)22-13)17-18-15(19)10-4-5-11(20-2)12(8-10)21-3/h4-8H,1-3H3,(H,18,19)/b17-9-. The number of halogens is 1. The maximum Gasteiger partial charge on any atom is 0.271 e. The molecule has 0 aliphatic carbocycles. The fourth-order valence-electron chi connectivity index (χ4n) is 1.74. The molecule has 2 aromatic rings. The highest BCUT2D eigenvalue weighted by Crippen LogP contribution is 2.27. The Hall–Kier alpha value is -2.05. The molecule has 0 bridgehead atoms. The van der Waals surface area contributed by atoms with Crippen molar-refractivity contribution in [2.45, 2.75) is 6.92 Å². The number of methoxy groups -OCH3 is 2. The van der Waals surface area contributed by atoms with Gasteiger partial charge in [-0.3, -0.25) is 4.79 Å². The molecule has 0 fully saturated rings. The van der Waals surface area contributed by atoms with E-state index in [2.05, 4.69) is 10.5 Å². The molecule has 0 saturated carbocycles. The third kappa shape index (κ3) is 3.78. The van der Waals surface area contributed by atoms with Gasteiger partial charge in [-0.1, -0.05) is 11.6 Å². The normalized spacial score (nSPS) is 11.2. The van der Waals surface area contributed by atoms with Gasteiger partial charge in [0.25, 0.3) is 5.91 Å². The lowest BCUT2D eigenvalue weighted by Crippen LogP contribution is -2.19. The Bertz CT molecular complexity index is 713. The van der Waals surface area contributed by atoms with E-state index in [0.717, 1.165) is 4.88 Å². The topological polar surface area (TPSA) is 59.9 Å². The van der Waals surface area contributed by atoms with Crippen LogP contribution < -0.4 is 14.9 Å². The molecule has 116 valence electrons. The largest absolute Gasteiger partial charge is 0.493 e. The molecule has 1 heterocycles. The first-order valence-corrected chi connectivity index (χ1v) is 7.57. The number of carbonyl (C=O) groups excluding carboxylic acids is 1. The zero-order valence-electron chi connectivity index (χ0n) is 12.3. The third-order valence-corrected chi connectivity index (χ3v) is 4.24. The van der Waals surface area contributed by atoms with Crippen LogP contribution in [-0.2, 0) is 0 Å². The van der Waals surface area contributed by atoms with Crippen LogP contribution in [0.3, 0.4) is 0 Å². The molecule has 2 rings (SSSR count). The monoisotopic (exact) mass is 338 g/mol. The van der Waals surface area contributed by atoms with Gasteiger partial charge in [-0.25, -0.2) is 5.43 Å². The molecule has 0 radical (unpaired) electrons. The lowest BCUT2D eigenvalue weighted by Gasteiger charge is -2.08. The fourth-order valence-corrected chi connectivity index (χ4v) is 2.73. The number of ether oxygens (including phenoxy) is 2. The van der Waals surface area contributed by atoms with Gasteiger partial charge in [0.15, 0.2) is 11.5 Å². The quantitative estimate of drug-likeness (QED) is 0.669. The first kappa shape index (κ1) is 16.3. The van der Waals surface area contributed by atoms with E-state index in [4.69, 9.17) is 21.1 Å². The van der Waals surface area contributed by atoms with Crippen LogP contribution in [0.15, 0.2) is 35.4 Å². The predicted octanol–water partition coefficient (Wildman–Crippen LogP) is 3.57. The second-order valence-electron chi connectivity index (χ2n) is 4.31. The highest BCUT2D eigenvalue weighted by atomic mass is 35.5. The molecular formula is C15H15ClN2O3S. The number of amides is 1. The second kappa shape index (κ2) is 7.29. The minimum Gasteiger partial charge on any atom is -0.493 e. The van der Waals surface area contributed by atoms with Crippen LogP contribution in [0.25, 0.3) is 0 Å². The van der Waals surface area contributed by atoms with E-state index < -0.39 is 0 Å². The van der Waals surface area contributed by atoms with Gasteiger partial charge in [-0.05, 0) is 37.3 Å². The maximum absolute atomic E-state index is 12.1. The average molecular weight is 339 g/mol. The van der Waals surface area contributed by atoms with E-state index in [1.165, 1.54) is 25.6 Å². The van der Waals surface area contributed by atoms with Crippen LogP contribution in [0.2, 0.25) is 4.34 Å². The van der Waals surface area contributed by atoms with Crippen molar-refractivity contribution in [2.24, 2.45) is 5.10 Å². The van der Waals surface area contributed by atoms with Crippen molar-refractivity contribution in [2.75, 3.05) is 14.2 Å². The summed E-state index contributed by atoms with van der Waals surface area (Å²) in [7, 11) is 3.06. The minimum atomic E-state index is -0.331. The highest BCUT2D eigenvalue weighted by molar-refractivity contribution is 7.18. The maximum atomic E-state index is 12.1. The second-order valence-corrected chi connectivity index (χ2v) is 6.03. The Morgan fingerprint density at radius 2 is 1.91 bits per heavy atom. The summed E-state index contributed by atoms with van der Waals surface area (Å²) in [5, 5.41) is 4.08. The number of carbonyl (C=O) groups is 1. The molecule has 1 N–H and O–H groups in total. The van der Waals surface area contributed by atoms with Crippen molar-refractivity contribution in [3.8, 4) is 11.5 Å². The Morgan fingerprint density at radius 3 is 2.50 bits per heavy atom. The molecule has 22 heavy (non-hydrogen) atoms. The molecule has 0 aliphatic rings. The zero-order valence-corrected chi connectivity index (χ0v) is 13.9. The Kier molecular flexibility index (Phi) is 5.41. The van der Waals surface area contributed by atoms with Crippen molar-refractivity contribution in [1.29, 1.82) is 0 Å². The number of thiophene rings is 1. The molecule has 1 aromatic heterocycles. The molecule has 7 heteroatoms. The van der Waals surface area contributed by atoms with Gasteiger partial charge in [0.1, 0.15) is 0 Å². The van der Waals surface area contributed by atoms with Crippen molar-refractivity contribution >= 4 is 34.6 Å². The van der Waals surface area contributed by atoms with E-state index in [-0.39, 0.29) is 5.91 Å². The first-order chi connectivity index (χ1) is 10.5. The van der Waals surface area contributed by atoms with Crippen LogP contribution >= 0.6 is 22.9 Å². The molecule has 0 saturated heterocycles. The number of nitrogens with one attached hydrogen (secondary N) is 1. The van der Waals surface area contributed by atoms with Gasteiger partial charge < -0.3 is 9.47 Å². The smallest absolute Gasteiger partial charge is 0.271 e. The van der Waals surface area contributed by atoms with E-state index in [1.54, 1.807) is 31.2 Å². The van der Waals surface area contributed by atoms with Crippen LogP contribution in [-0.4, -0.2) is 25.8 Å². The molecule has 0 spiro atoms. The highest BCUT2D eigenvalue weighted by Gasteiger charge is 2.10. The van der Waals surface area contributed by atoms with Crippen LogP contribution in [0, 0.1) is 0 Å². The summed E-state index contributed by atoms with van der Waals surface area (Å²) in [6, 6.07) is 8.55. The third-order valence-electron chi connectivity index (χ3n) is 2.90. The van der Waals surface area contributed by atoms with E-state index in [0.29, 0.717) is 27.1 Å². The Labute approximate surface area is 137 Å². The summed E-state index contributed by atoms with van der Waals surface area (Å²) in [6.07, 6.45) is 0. The predicted molar refractivity (Wildman–Crippen MR) is 88.6 cm³/mol. The minimum absolute atomic E-state index is 0.331. The molecule has 5 nitrogen and oxygen atoms in total. The number of hydrogen-bond acceptors (Lipinski definition) is 5. The zero-order chi connectivity index (χ0) is 16.1. The Morgan fingerprint density at radius 1 is 1.18 bits per heavy atom. The molecule has 0 unspecified atom stereocenters. The van der Waals surface area contributed by atoms with E-state index >= 15 is 0 Å². The van der Waals surface area contributed by atoms with Gasteiger partial charge >= 0.3 is 0 Å². The molecule has 1 aromatic carbocycles. The van der Waals surface area contributed by atoms with Crippen molar-refractivity contribution in [1.82, 2.24) is 5.43 Å². The number of hydrazone groups is 1. The molecule has 0 atom stereocenters. The number of benzene rings is 1. The lowest BCUT2D eigenvalue weighted by atomic mass is 10.2. The summed E-state index contributed by atoms with van der Waals surface area (Å²) in [5.74, 6) is 0.718. The van der Waals surface area contributed by atoms with Crippen molar-refractivity contribution in [3.63, 3.8) is 0 Å². The SMILES string of the molecule is COc1ccc(C(=O)N/N=C(/C)c2ccc(Cl)s2)cc1OC. The van der Waals surface area contributed by atoms with Crippen LogP contribution in [0.1, 0.15) is 22.2 Å². The molecule has 1 amide bonds. The summed E-state index contributed by atoms with van der Waals surface area (Å²) in [4.78, 5) is 13.0. The summed E-state index contributed by atoms with van der Waals surface area (Å²) >= 11 is 7.28.